The average Bonchev–Trinajstić information content (AvgIpc) is 2.57. The number of halogens is 1. The van der Waals surface area contributed by atoms with Gasteiger partial charge in [-0.25, -0.2) is 0 Å². The maximum absolute atomic E-state index is 5.86. The first kappa shape index (κ1) is 20.8. The summed E-state index contributed by atoms with van der Waals surface area (Å²) < 4.78 is 0. The number of pyridine rings is 1. The van der Waals surface area contributed by atoms with E-state index in [9.17, 15) is 0 Å². The molecule has 0 radical (unpaired) electrons. The molecule has 0 unspecified atom stereocenters. The zero-order chi connectivity index (χ0) is 16.3. The molecule has 0 aliphatic rings. The van der Waals surface area contributed by atoms with Gasteiger partial charge in [-0.15, -0.1) is 24.0 Å². The second-order valence-electron chi connectivity index (χ2n) is 5.30. The standard InChI is InChI=1S/C18H24N4S.HI/c1-15-5-7-16(8-6-15)14-23-13-12-22-18(19)21-11-9-17-4-2-3-10-20-17;/h2-8,10H,9,11-14H2,1H3,(H3,19,21,22);1H. The molecular weight excluding hydrogens is 431 g/mol. The molecule has 2 rings (SSSR count). The van der Waals surface area contributed by atoms with Crippen molar-refractivity contribution in [3.05, 3.63) is 65.5 Å². The smallest absolute Gasteiger partial charge is 0.188 e. The van der Waals surface area contributed by atoms with Gasteiger partial charge in [0.05, 0.1) is 6.54 Å². The monoisotopic (exact) mass is 456 g/mol. The van der Waals surface area contributed by atoms with E-state index >= 15 is 0 Å². The van der Waals surface area contributed by atoms with Crippen LogP contribution in [0.1, 0.15) is 16.8 Å². The first-order valence-corrected chi connectivity index (χ1v) is 8.96. The number of nitrogens with zero attached hydrogens (tertiary/aromatic N) is 2. The largest absolute Gasteiger partial charge is 0.370 e. The lowest BCUT2D eigenvalue weighted by molar-refractivity contribution is 0.830. The molecule has 0 atom stereocenters. The highest BCUT2D eigenvalue weighted by Crippen LogP contribution is 2.12. The molecule has 24 heavy (non-hydrogen) atoms. The van der Waals surface area contributed by atoms with Crippen LogP contribution in [0.2, 0.25) is 0 Å². The number of aliphatic imine (C=N–C) groups is 1. The maximum Gasteiger partial charge on any atom is 0.188 e. The number of rotatable bonds is 8. The molecule has 130 valence electrons. The van der Waals surface area contributed by atoms with Crippen LogP contribution in [-0.2, 0) is 12.2 Å². The van der Waals surface area contributed by atoms with Crippen molar-refractivity contribution in [2.75, 3.05) is 18.8 Å². The number of nitrogens with two attached hydrogens (primary N) is 1. The van der Waals surface area contributed by atoms with Crippen LogP contribution in [0.3, 0.4) is 0 Å². The number of hydrogen-bond donors (Lipinski definition) is 2. The maximum atomic E-state index is 5.86. The lowest BCUT2D eigenvalue weighted by Crippen LogP contribution is -2.33. The van der Waals surface area contributed by atoms with E-state index in [1.165, 1.54) is 11.1 Å². The van der Waals surface area contributed by atoms with Gasteiger partial charge < -0.3 is 11.1 Å². The van der Waals surface area contributed by atoms with Crippen molar-refractivity contribution in [3.63, 3.8) is 0 Å². The molecule has 0 saturated carbocycles. The van der Waals surface area contributed by atoms with Gasteiger partial charge >= 0.3 is 0 Å². The number of thioether (sulfide) groups is 1. The molecule has 4 nitrogen and oxygen atoms in total. The minimum absolute atomic E-state index is 0. The van der Waals surface area contributed by atoms with E-state index in [2.05, 4.69) is 46.5 Å². The van der Waals surface area contributed by atoms with Crippen LogP contribution in [0.25, 0.3) is 0 Å². The summed E-state index contributed by atoms with van der Waals surface area (Å²) in [6.45, 7) is 3.59. The van der Waals surface area contributed by atoms with Gasteiger partial charge in [0.15, 0.2) is 5.96 Å². The molecular formula is C18H25IN4S. The predicted octanol–water partition coefficient (Wildman–Crippen LogP) is 3.39. The van der Waals surface area contributed by atoms with Crippen LogP contribution in [0.5, 0.6) is 0 Å². The summed E-state index contributed by atoms with van der Waals surface area (Å²) in [5.74, 6) is 2.50. The topological polar surface area (TPSA) is 63.3 Å². The molecule has 2 aromatic rings. The van der Waals surface area contributed by atoms with Crippen LogP contribution < -0.4 is 11.1 Å². The van der Waals surface area contributed by atoms with Crippen molar-refractivity contribution in [2.45, 2.75) is 19.1 Å². The summed E-state index contributed by atoms with van der Waals surface area (Å²) in [7, 11) is 0. The first-order valence-electron chi connectivity index (χ1n) is 7.81. The van der Waals surface area contributed by atoms with Gasteiger partial charge in [0, 0.05) is 36.4 Å². The van der Waals surface area contributed by atoms with Gasteiger partial charge in [-0.2, -0.15) is 11.8 Å². The molecule has 6 heteroatoms. The van der Waals surface area contributed by atoms with Crippen molar-refractivity contribution >= 4 is 41.7 Å². The predicted molar refractivity (Wildman–Crippen MR) is 115 cm³/mol. The van der Waals surface area contributed by atoms with Gasteiger partial charge in [0.2, 0.25) is 0 Å². The van der Waals surface area contributed by atoms with E-state index in [4.69, 9.17) is 5.73 Å². The van der Waals surface area contributed by atoms with Crippen molar-refractivity contribution in [1.29, 1.82) is 0 Å². The van der Waals surface area contributed by atoms with Gasteiger partial charge in [0.25, 0.3) is 0 Å². The van der Waals surface area contributed by atoms with E-state index in [-0.39, 0.29) is 24.0 Å². The zero-order valence-electron chi connectivity index (χ0n) is 13.9. The third-order valence-corrected chi connectivity index (χ3v) is 4.33. The lowest BCUT2D eigenvalue weighted by Gasteiger charge is -2.05. The molecule has 1 aromatic heterocycles. The number of aryl methyl sites for hydroxylation is 1. The fourth-order valence-electron chi connectivity index (χ4n) is 2.03. The number of hydrogen-bond acceptors (Lipinski definition) is 3. The summed E-state index contributed by atoms with van der Waals surface area (Å²) in [5.41, 5.74) is 9.57. The fourth-order valence-corrected chi connectivity index (χ4v) is 2.82. The zero-order valence-corrected chi connectivity index (χ0v) is 17.1. The Hall–Kier alpha value is -1.28. The number of guanidine groups is 1. The van der Waals surface area contributed by atoms with Crippen LogP contribution in [0.4, 0.5) is 0 Å². The summed E-state index contributed by atoms with van der Waals surface area (Å²) >= 11 is 1.87. The van der Waals surface area contributed by atoms with E-state index in [0.29, 0.717) is 5.96 Å². The summed E-state index contributed by atoms with van der Waals surface area (Å²) in [4.78, 5) is 8.61. The van der Waals surface area contributed by atoms with Crippen molar-refractivity contribution in [2.24, 2.45) is 10.7 Å². The fraction of sp³-hybridized carbons (Fsp3) is 0.333. The molecule has 1 aromatic carbocycles. The van der Waals surface area contributed by atoms with E-state index < -0.39 is 0 Å². The minimum atomic E-state index is 0. The Balaban J connectivity index is 0.00000288. The van der Waals surface area contributed by atoms with Crippen LogP contribution in [-0.4, -0.2) is 29.8 Å². The third kappa shape index (κ3) is 8.54. The van der Waals surface area contributed by atoms with Crippen LogP contribution >= 0.6 is 35.7 Å². The van der Waals surface area contributed by atoms with Crippen LogP contribution in [0.15, 0.2) is 53.7 Å². The molecule has 0 spiro atoms. The van der Waals surface area contributed by atoms with Crippen molar-refractivity contribution in [3.8, 4) is 0 Å². The molecule has 0 saturated heterocycles. The van der Waals surface area contributed by atoms with Gasteiger partial charge in [0.1, 0.15) is 0 Å². The molecule has 0 aliphatic carbocycles. The highest BCUT2D eigenvalue weighted by molar-refractivity contribution is 14.0. The Bertz CT molecular complexity index is 602. The Kier molecular flexibility index (Phi) is 10.5. The molecule has 0 aliphatic heterocycles. The quantitative estimate of drug-likeness (QED) is 0.277. The Morgan fingerprint density at radius 1 is 1.21 bits per heavy atom. The lowest BCUT2D eigenvalue weighted by atomic mass is 10.2. The third-order valence-electron chi connectivity index (χ3n) is 3.32. The molecule has 0 amide bonds. The summed E-state index contributed by atoms with van der Waals surface area (Å²) in [6.07, 6.45) is 2.65. The normalized spacial score (nSPS) is 11.0. The first-order chi connectivity index (χ1) is 11.2. The Labute approximate surface area is 165 Å². The van der Waals surface area contributed by atoms with E-state index in [1.807, 2.05) is 30.0 Å². The van der Waals surface area contributed by atoms with Gasteiger partial charge in [-0.3, -0.25) is 9.98 Å². The Morgan fingerprint density at radius 2 is 2.00 bits per heavy atom. The van der Waals surface area contributed by atoms with Gasteiger partial charge in [-0.1, -0.05) is 35.9 Å². The van der Waals surface area contributed by atoms with Crippen LogP contribution in [0, 0.1) is 6.92 Å². The van der Waals surface area contributed by atoms with E-state index in [1.54, 1.807) is 6.20 Å². The second-order valence-corrected chi connectivity index (χ2v) is 6.41. The highest BCUT2D eigenvalue weighted by Gasteiger charge is 1.96. The molecule has 3 N–H and O–H groups in total. The number of nitrogens with one attached hydrogen (secondary N) is 1. The minimum Gasteiger partial charge on any atom is -0.370 e. The number of aromatic nitrogens is 1. The Morgan fingerprint density at radius 3 is 2.71 bits per heavy atom. The summed E-state index contributed by atoms with van der Waals surface area (Å²) in [6, 6.07) is 14.6. The second kappa shape index (κ2) is 12.1. The molecule has 0 bridgehead atoms. The van der Waals surface area contributed by atoms with Crippen molar-refractivity contribution < 1.29 is 0 Å². The average molecular weight is 456 g/mol. The molecule has 0 fully saturated rings. The van der Waals surface area contributed by atoms with E-state index in [0.717, 1.165) is 36.7 Å². The highest BCUT2D eigenvalue weighted by atomic mass is 127. The summed E-state index contributed by atoms with van der Waals surface area (Å²) in [5, 5.41) is 3.12. The SMILES string of the molecule is Cc1ccc(CSCCN=C(N)NCCc2ccccn2)cc1.I. The number of benzene rings is 1. The van der Waals surface area contributed by atoms with Gasteiger partial charge in [-0.05, 0) is 24.6 Å². The molecule has 1 heterocycles. The van der Waals surface area contributed by atoms with Crippen molar-refractivity contribution in [1.82, 2.24) is 10.3 Å².